The number of hydrogen-bond acceptors (Lipinski definition) is 5. The van der Waals surface area contributed by atoms with E-state index in [1.165, 1.54) is 5.56 Å². The Kier molecular flexibility index (Phi) is 10.7. The zero-order chi connectivity index (χ0) is 17.5. The Morgan fingerprint density at radius 1 is 1.22 bits per heavy atom. The smallest absolute Gasteiger partial charge is 0.241 e. The molecular weight excluding hydrogens is 405 g/mol. The molecule has 0 spiro atoms. The largest absolute Gasteiger partial charge is 0.381 e. The van der Waals surface area contributed by atoms with Crippen LogP contribution in [0.2, 0.25) is 0 Å². The van der Waals surface area contributed by atoms with Crippen molar-refractivity contribution in [2.45, 2.75) is 29.5 Å². The summed E-state index contributed by atoms with van der Waals surface area (Å²) in [6.07, 6.45) is 5.34. The van der Waals surface area contributed by atoms with E-state index in [9.17, 15) is 4.79 Å². The summed E-state index contributed by atoms with van der Waals surface area (Å²) >= 11 is 1.74. The highest BCUT2D eigenvalue weighted by Gasteiger charge is 2.26. The van der Waals surface area contributed by atoms with Crippen LogP contribution in [0.3, 0.4) is 0 Å². The summed E-state index contributed by atoms with van der Waals surface area (Å²) in [4.78, 5) is 17.6. The number of thioether (sulfide) groups is 1. The topological polar surface area (TPSA) is 77.2 Å². The number of benzene rings is 1. The highest BCUT2D eigenvalue weighted by atomic mass is 35.5. The Balaban J connectivity index is 0.00000182. The lowest BCUT2D eigenvalue weighted by Gasteiger charge is -2.26. The van der Waals surface area contributed by atoms with Crippen molar-refractivity contribution >= 4 is 48.2 Å². The monoisotopic (exact) mass is 429 g/mol. The number of carbonyl (C=O) groups is 1. The molecule has 3 N–H and O–H groups in total. The van der Waals surface area contributed by atoms with E-state index < -0.39 is 6.04 Å². The number of nitrogens with one attached hydrogen (secondary N) is 1. The normalized spacial score (nSPS) is 15.1. The second kappa shape index (κ2) is 12.2. The predicted molar refractivity (Wildman–Crippen MR) is 115 cm³/mol. The van der Waals surface area contributed by atoms with Crippen LogP contribution in [0, 0.1) is 5.92 Å². The SMILES string of the molecule is Cl.Cl.NC(C(=O)Nc1ccc(SCc2cccnc2)cc1)C1CCOCC1. The number of nitrogens with zero attached hydrogens (tertiary/aromatic N) is 1. The molecule has 8 heteroatoms. The van der Waals surface area contributed by atoms with E-state index in [0.29, 0.717) is 13.2 Å². The molecular formula is C19H25Cl2N3O2S. The Labute approximate surface area is 176 Å². The van der Waals surface area contributed by atoms with Gasteiger partial charge in [-0.05, 0) is 54.7 Å². The van der Waals surface area contributed by atoms with E-state index in [1.54, 1.807) is 18.0 Å². The van der Waals surface area contributed by atoms with Gasteiger partial charge in [-0.3, -0.25) is 9.78 Å². The van der Waals surface area contributed by atoms with Crippen LogP contribution in [-0.4, -0.2) is 30.1 Å². The van der Waals surface area contributed by atoms with Crippen molar-refractivity contribution in [2.24, 2.45) is 11.7 Å². The molecule has 1 atom stereocenters. The fourth-order valence-corrected chi connectivity index (χ4v) is 3.63. The van der Waals surface area contributed by atoms with Crippen molar-refractivity contribution in [1.29, 1.82) is 0 Å². The van der Waals surface area contributed by atoms with Crippen molar-refractivity contribution in [3.05, 3.63) is 54.4 Å². The number of anilines is 1. The zero-order valence-electron chi connectivity index (χ0n) is 14.9. The highest BCUT2D eigenvalue weighted by molar-refractivity contribution is 7.98. The Morgan fingerprint density at radius 2 is 1.93 bits per heavy atom. The van der Waals surface area contributed by atoms with Crippen molar-refractivity contribution in [2.75, 3.05) is 18.5 Å². The van der Waals surface area contributed by atoms with Gasteiger partial charge in [0.1, 0.15) is 0 Å². The number of hydrogen-bond donors (Lipinski definition) is 2. The number of carbonyl (C=O) groups excluding carboxylic acids is 1. The molecule has 0 aliphatic carbocycles. The summed E-state index contributed by atoms with van der Waals surface area (Å²) < 4.78 is 5.32. The van der Waals surface area contributed by atoms with Gasteiger partial charge < -0.3 is 15.8 Å². The molecule has 1 aliphatic heterocycles. The van der Waals surface area contributed by atoms with Crippen molar-refractivity contribution in [3.63, 3.8) is 0 Å². The van der Waals surface area contributed by atoms with Crippen LogP contribution in [0.5, 0.6) is 0 Å². The van der Waals surface area contributed by atoms with Crippen molar-refractivity contribution in [1.82, 2.24) is 4.98 Å². The molecule has 1 aromatic carbocycles. The lowest BCUT2D eigenvalue weighted by Crippen LogP contribution is -2.43. The minimum Gasteiger partial charge on any atom is -0.381 e. The second-order valence-corrected chi connectivity index (χ2v) is 7.19. The third-order valence-electron chi connectivity index (χ3n) is 4.33. The van der Waals surface area contributed by atoms with Crippen LogP contribution in [0.15, 0.2) is 53.7 Å². The number of nitrogens with two attached hydrogens (primary N) is 1. The number of ether oxygens (including phenoxy) is 1. The molecule has 1 saturated heterocycles. The number of pyridine rings is 1. The van der Waals surface area contributed by atoms with E-state index in [2.05, 4.69) is 16.4 Å². The van der Waals surface area contributed by atoms with Gasteiger partial charge in [-0.1, -0.05) is 6.07 Å². The van der Waals surface area contributed by atoms with Gasteiger partial charge in [0.05, 0.1) is 6.04 Å². The molecule has 2 heterocycles. The van der Waals surface area contributed by atoms with E-state index in [4.69, 9.17) is 10.5 Å². The van der Waals surface area contributed by atoms with E-state index in [-0.39, 0.29) is 36.6 Å². The first-order chi connectivity index (χ1) is 12.2. The van der Waals surface area contributed by atoms with Crippen molar-refractivity contribution < 1.29 is 9.53 Å². The first kappa shape index (κ1) is 23.7. The first-order valence-corrected chi connectivity index (χ1v) is 9.47. The van der Waals surface area contributed by atoms with E-state index in [1.807, 2.05) is 36.5 Å². The zero-order valence-corrected chi connectivity index (χ0v) is 17.3. The number of amides is 1. The van der Waals surface area contributed by atoms with Crippen LogP contribution in [0.25, 0.3) is 0 Å². The van der Waals surface area contributed by atoms with Gasteiger partial charge in [0.15, 0.2) is 0 Å². The van der Waals surface area contributed by atoms with Crippen LogP contribution in [0.1, 0.15) is 18.4 Å². The van der Waals surface area contributed by atoms with Gasteiger partial charge in [0, 0.05) is 41.9 Å². The molecule has 1 fully saturated rings. The molecule has 1 aromatic heterocycles. The van der Waals surface area contributed by atoms with Crippen molar-refractivity contribution in [3.8, 4) is 0 Å². The maximum atomic E-state index is 12.3. The molecule has 5 nitrogen and oxygen atoms in total. The Morgan fingerprint density at radius 3 is 2.56 bits per heavy atom. The third-order valence-corrected chi connectivity index (χ3v) is 5.41. The lowest BCUT2D eigenvalue weighted by molar-refractivity contribution is -0.119. The highest BCUT2D eigenvalue weighted by Crippen LogP contribution is 2.24. The maximum absolute atomic E-state index is 12.3. The first-order valence-electron chi connectivity index (χ1n) is 8.48. The molecule has 2 aromatic rings. The summed E-state index contributed by atoms with van der Waals surface area (Å²) in [7, 11) is 0. The lowest BCUT2D eigenvalue weighted by atomic mass is 9.92. The third kappa shape index (κ3) is 7.31. The summed E-state index contributed by atoms with van der Waals surface area (Å²) in [5.74, 6) is 0.944. The van der Waals surface area contributed by atoms with Gasteiger partial charge in [-0.15, -0.1) is 36.6 Å². The standard InChI is InChI=1S/C19H23N3O2S.2ClH/c20-18(15-7-10-24-11-8-15)19(23)22-16-3-5-17(6-4-16)25-13-14-2-1-9-21-12-14;;/h1-6,9,12,15,18H,7-8,10-11,13,20H2,(H,22,23);2*1H. The number of rotatable bonds is 6. The Bertz CT molecular complexity index is 683. The fraction of sp³-hybridized carbons (Fsp3) is 0.368. The van der Waals surface area contributed by atoms with E-state index >= 15 is 0 Å². The summed E-state index contributed by atoms with van der Waals surface area (Å²) in [6, 6.07) is 11.4. The summed E-state index contributed by atoms with van der Waals surface area (Å²) in [5.41, 5.74) is 8.07. The molecule has 148 valence electrons. The van der Waals surface area contributed by atoms with E-state index in [0.717, 1.165) is 29.2 Å². The number of aromatic nitrogens is 1. The van der Waals surface area contributed by atoms with Gasteiger partial charge in [0.25, 0.3) is 0 Å². The van der Waals surface area contributed by atoms with Crippen LogP contribution >= 0.6 is 36.6 Å². The van der Waals surface area contributed by atoms with Crippen LogP contribution in [-0.2, 0) is 15.3 Å². The Hall–Kier alpha value is -1.31. The molecule has 1 amide bonds. The predicted octanol–water partition coefficient (Wildman–Crippen LogP) is 3.91. The molecule has 1 aliphatic rings. The molecule has 1 unspecified atom stereocenters. The fourth-order valence-electron chi connectivity index (χ4n) is 2.80. The summed E-state index contributed by atoms with van der Waals surface area (Å²) in [5, 5.41) is 2.92. The quantitative estimate of drug-likeness (QED) is 0.680. The molecule has 27 heavy (non-hydrogen) atoms. The van der Waals surface area contributed by atoms with Gasteiger partial charge in [-0.2, -0.15) is 0 Å². The molecule has 3 rings (SSSR count). The van der Waals surface area contributed by atoms with Gasteiger partial charge in [-0.25, -0.2) is 0 Å². The number of halogens is 2. The minimum absolute atomic E-state index is 0. The maximum Gasteiger partial charge on any atom is 0.241 e. The van der Waals surface area contributed by atoms with Crippen LogP contribution in [0.4, 0.5) is 5.69 Å². The molecule has 0 radical (unpaired) electrons. The molecule has 0 bridgehead atoms. The molecule has 0 saturated carbocycles. The second-order valence-electron chi connectivity index (χ2n) is 6.14. The average Bonchev–Trinajstić information content (AvgIpc) is 2.68. The van der Waals surface area contributed by atoms with Gasteiger partial charge >= 0.3 is 0 Å². The van der Waals surface area contributed by atoms with Gasteiger partial charge in [0.2, 0.25) is 5.91 Å². The summed E-state index contributed by atoms with van der Waals surface area (Å²) in [6.45, 7) is 1.38. The average molecular weight is 430 g/mol. The van der Waals surface area contributed by atoms with Crippen LogP contribution < -0.4 is 11.1 Å². The minimum atomic E-state index is -0.483.